The van der Waals surface area contributed by atoms with Crippen LogP contribution in [0.3, 0.4) is 0 Å². The van der Waals surface area contributed by atoms with Gasteiger partial charge in [0.15, 0.2) is 0 Å². The van der Waals surface area contributed by atoms with Gasteiger partial charge in [-0.1, -0.05) is 18.5 Å². The second kappa shape index (κ2) is 7.17. The predicted molar refractivity (Wildman–Crippen MR) is 97.6 cm³/mol. The van der Waals surface area contributed by atoms with E-state index < -0.39 is 17.5 Å². The van der Waals surface area contributed by atoms with Crippen molar-refractivity contribution >= 4 is 34.2 Å². The highest BCUT2D eigenvalue weighted by molar-refractivity contribution is 6.31. The van der Waals surface area contributed by atoms with Crippen LogP contribution in [-0.2, 0) is 0 Å². The highest BCUT2D eigenvalue weighted by Crippen LogP contribution is 2.33. The van der Waals surface area contributed by atoms with Gasteiger partial charge in [0.2, 0.25) is 0 Å². The molecule has 0 bridgehead atoms. The number of aromatic nitrogens is 1. The number of benzene rings is 2. The molecule has 1 aromatic heterocycles. The molecular formula is C19H14ClF2N3O. The lowest BCUT2D eigenvalue weighted by Gasteiger charge is -2.10. The van der Waals surface area contributed by atoms with E-state index in [1.54, 1.807) is 31.2 Å². The third-order valence-corrected chi connectivity index (χ3v) is 4.21. The van der Waals surface area contributed by atoms with Gasteiger partial charge in [-0.05, 0) is 35.9 Å². The molecule has 0 fully saturated rings. The minimum Gasteiger partial charge on any atom is -0.311 e. The zero-order valence-corrected chi connectivity index (χ0v) is 14.5. The monoisotopic (exact) mass is 373 g/mol. The van der Waals surface area contributed by atoms with E-state index in [0.29, 0.717) is 28.5 Å². The molecule has 0 spiro atoms. The summed E-state index contributed by atoms with van der Waals surface area (Å²) in [6.45, 7) is 1.76. The quantitative estimate of drug-likeness (QED) is 0.387. The van der Waals surface area contributed by atoms with Gasteiger partial charge in [-0.3, -0.25) is 15.2 Å². The molecule has 1 heterocycles. The number of nitrogens with one attached hydrogen (secondary N) is 2. The number of halogens is 3. The fourth-order valence-electron chi connectivity index (χ4n) is 2.55. The fourth-order valence-corrected chi connectivity index (χ4v) is 2.71. The summed E-state index contributed by atoms with van der Waals surface area (Å²) in [6.07, 6.45) is 1.90. The fraction of sp³-hybridized carbons (Fsp3) is 0.105. The van der Waals surface area contributed by atoms with Crippen molar-refractivity contribution in [2.75, 3.05) is 0 Å². The molecule has 3 aromatic rings. The molecule has 0 saturated heterocycles. The molecule has 132 valence electrons. The molecular weight excluding hydrogens is 360 g/mol. The maximum absolute atomic E-state index is 14.3. The van der Waals surface area contributed by atoms with E-state index in [0.717, 1.165) is 6.07 Å². The average Bonchev–Trinajstić information content (AvgIpc) is 2.63. The third-order valence-electron chi connectivity index (χ3n) is 3.92. The second-order valence-corrected chi connectivity index (χ2v) is 6.03. The zero-order valence-electron chi connectivity index (χ0n) is 13.7. The highest BCUT2D eigenvalue weighted by atomic mass is 35.5. The maximum atomic E-state index is 14.3. The number of amidine groups is 1. The normalized spacial score (nSPS) is 10.8. The molecule has 7 heteroatoms. The summed E-state index contributed by atoms with van der Waals surface area (Å²) in [5.74, 6) is -1.95. The minimum absolute atomic E-state index is 0.0952. The maximum Gasteiger partial charge on any atom is 0.256 e. The Balaban J connectivity index is 2.15. The topological polar surface area (TPSA) is 65.8 Å². The summed E-state index contributed by atoms with van der Waals surface area (Å²) in [5, 5.41) is 10.4. The molecule has 0 atom stereocenters. The van der Waals surface area contributed by atoms with Crippen LogP contribution in [0, 0.1) is 17.0 Å². The molecule has 4 nitrogen and oxygen atoms in total. The molecule has 3 rings (SSSR count). The van der Waals surface area contributed by atoms with Crippen LogP contribution < -0.4 is 5.32 Å². The van der Waals surface area contributed by atoms with Crippen LogP contribution in [0.4, 0.5) is 8.78 Å². The van der Waals surface area contributed by atoms with E-state index in [1.165, 1.54) is 12.3 Å². The summed E-state index contributed by atoms with van der Waals surface area (Å²) in [5.41, 5.74) is 1.40. The van der Waals surface area contributed by atoms with Crippen LogP contribution in [0.5, 0.6) is 0 Å². The molecule has 2 aromatic carbocycles. The van der Waals surface area contributed by atoms with Crippen molar-refractivity contribution in [2.24, 2.45) is 0 Å². The van der Waals surface area contributed by atoms with Gasteiger partial charge in [0, 0.05) is 35.2 Å². The van der Waals surface area contributed by atoms with E-state index in [-0.39, 0.29) is 16.4 Å². The Morgan fingerprint density at radius 2 is 1.92 bits per heavy atom. The van der Waals surface area contributed by atoms with Gasteiger partial charge in [0.05, 0.1) is 16.4 Å². The van der Waals surface area contributed by atoms with Crippen molar-refractivity contribution < 1.29 is 13.6 Å². The van der Waals surface area contributed by atoms with Crippen molar-refractivity contribution in [3.05, 3.63) is 64.8 Å². The number of pyridine rings is 1. The van der Waals surface area contributed by atoms with Crippen LogP contribution in [0.2, 0.25) is 5.02 Å². The lowest BCUT2D eigenvalue weighted by atomic mass is 9.99. The summed E-state index contributed by atoms with van der Waals surface area (Å²) >= 11 is 5.80. The van der Waals surface area contributed by atoms with E-state index in [9.17, 15) is 13.6 Å². The Hall–Kier alpha value is -2.86. The number of carbonyl (C=O) groups is 1. The predicted octanol–water partition coefficient (Wildman–Crippen LogP) is 4.95. The van der Waals surface area contributed by atoms with Gasteiger partial charge >= 0.3 is 0 Å². The van der Waals surface area contributed by atoms with Gasteiger partial charge in [0.25, 0.3) is 5.91 Å². The molecule has 0 radical (unpaired) electrons. The first kappa shape index (κ1) is 17.9. The lowest BCUT2D eigenvalue weighted by Crippen LogP contribution is -2.29. The number of hydrogen-bond acceptors (Lipinski definition) is 3. The molecule has 0 aliphatic heterocycles. The SMILES string of the molecule is CCC(=N)NC(=O)c1ccc2nccc(-c3cc(Cl)c(F)cc3F)c2c1. The molecule has 0 unspecified atom stereocenters. The number of amides is 1. The van der Waals surface area contributed by atoms with Crippen molar-refractivity contribution in [3.63, 3.8) is 0 Å². The summed E-state index contributed by atoms with van der Waals surface area (Å²) in [7, 11) is 0. The number of fused-ring (bicyclic) bond motifs is 1. The van der Waals surface area contributed by atoms with Gasteiger partial charge in [0.1, 0.15) is 11.6 Å². The largest absolute Gasteiger partial charge is 0.311 e. The third kappa shape index (κ3) is 3.41. The molecule has 1 amide bonds. The first-order valence-electron chi connectivity index (χ1n) is 7.83. The molecule has 2 N–H and O–H groups in total. The van der Waals surface area contributed by atoms with E-state index in [1.807, 2.05) is 0 Å². The second-order valence-electron chi connectivity index (χ2n) is 5.62. The van der Waals surface area contributed by atoms with Gasteiger partial charge in [-0.2, -0.15) is 0 Å². The molecule has 0 aliphatic rings. The van der Waals surface area contributed by atoms with Crippen molar-refractivity contribution in [3.8, 4) is 11.1 Å². The van der Waals surface area contributed by atoms with Crippen molar-refractivity contribution in [2.45, 2.75) is 13.3 Å². The summed E-state index contributed by atoms with van der Waals surface area (Å²) < 4.78 is 27.8. The Bertz CT molecular complexity index is 1040. The van der Waals surface area contributed by atoms with Gasteiger partial charge < -0.3 is 5.32 Å². The molecule has 26 heavy (non-hydrogen) atoms. The first-order valence-corrected chi connectivity index (χ1v) is 8.21. The van der Waals surface area contributed by atoms with Gasteiger partial charge in [-0.25, -0.2) is 8.78 Å². The van der Waals surface area contributed by atoms with Gasteiger partial charge in [-0.15, -0.1) is 0 Å². The first-order chi connectivity index (χ1) is 12.4. The highest BCUT2D eigenvalue weighted by Gasteiger charge is 2.15. The molecule has 0 aliphatic carbocycles. The van der Waals surface area contributed by atoms with Crippen LogP contribution in [0.25, 0.3) is 22.0 Å². The van der Waals surface area contributed by atoms with E-state index >= 15 is 0 Å². The van der Waals surface area contributed by atoms with E-state index in [4.69, 9.17) is 17.0 Å². The number of hydrogen-bond donors (Lipinski definition) is 2. The number of rotatable bonds is 3. The van der Waals surface area contributed by atoms with E-state index in [2.05, 4.69) is 10.3 Å². The standard InChI is InChI=1S/C19H14ClF2N3O/c1-2-18(23)25-19(26)10-3-4-17-13(7-10)11(5-6-24-17)12-8-14(20)16(22)9-15(12)21/h3-9H,2H2,1H3,(H2,23,25,26). The summed E-state index contributed by atoms with van der Waals surface area (Å²) in [6, 6.07) is 8.28. The Kier molecular flexibility index (Phi) is 4.95. The summed E-state index contributed by atoms with van der Waals surface area (Å²) in [4.78, 5) is 16.5. The number of carbonyl (C=O) groups excluding carboxylic acids is 1. The van der Waals surface area contributed by atoms with Crippen LogP contribution in [0.1, 0.15) is 23.7 Å². The zero-order chi connectivity index (χ0) is 18.8. The average molecular weight is 374 g/mol. The van der Waals surface area contributed by atoms with Crippen LogP contribution in [0.15, 0.2) is 42.6 Å². The van der Waals surface area contributed by atoms with Crippen LogP contribution in [-0.4, -0.2) is 16.7 Å². The minimum atomic E-state index is -0.843. The van der Waals surface area contributed by atoms with Crippen LogP contribution >= 0.6 is 11.6 Å². The van der Waals surface area contributed by atoms with Crippen molar-refractivity contribution in [1.82, 2.24) is 10.3 Å². The van der Waals surface area contributed by atoms with Crippen molar-refractivity contribution in [1.29, 1.82) is 5.41 Å². The molecule has 0 saturated carbocycles. The Labute approximate surface area is 153 Å². The Morgan fingerprint density at radius 3 is 2.65 bits per heavy atom. The Morgan fingerprint density at radius 1 is 1.15 bits per heavy atom. The number of nitrogens with zero attached hydrogens (tertiary/aromatic N) is 1. The smallest absolute Gasteiger partial charge is 0.256 e. The lowest BCUT2D eigenvalue weighted by molar-refractivity contribution is 0.0976.